The van der Waals surface area contributed by atoms with E-state index in [0.717, 1.165) is 17.1 Å². The maximum absolute atomic E-state index is 6.18. The number of rotatable bonds is 4. The Balaban J connectivity index is 3.06. The van der Waals surface area contributed by atoms with Gasteiger partial charge in [-0.05, 0) is 31.4 Å². The van der Waals surface area contributed by atoms with Gasteiger partial charge in [-0.3, -0.25) is 0 Å². The lowest BCUT2D eigenvalue weighted by molar-refractivity contribution is 0.328. The third-order valence-electron chi connectivity index (χ3n) is 3.56. The van der Waals surface area contributed by atoms with Gasteiger partial charge in [-0.25, -0.2) is 0 Å². The van der Waals surface area contributed by atoms with Crippen LogP contribution < -0.4 is 15.4 Å². The Bertz CT molecular complexity index is 396. The van der Waals surface area contributed by atoms with Crippen molar-refractivity contribution < 1.29 is 4.74 Å². The maximum Gasteiger partial charge on any atom is 0.144 e. The average Bonchev–Trinajstić information content (AvgIpc) is 2.29. The van der Waals surface area contributed by atoms with Gasteiger partial charge in [0.05, 0.1) is 18.0 Å². The van der Waals surface area contributed by atoms with E-state index in [1.165, 1.54) is 0 Å². The summed E-state index contributed by atoms with van der Waals surface area (Å²) >= 11 is 0. The van der Waals surface area contributed by atoms with Crippen molar-refractivity contribution in [2.45, 2.75) is 40.7 Å². The molecule has 1 rings (SSSR count). The zero-order valence-electron chi connectivity index (χ0n) is 12.4. The number of para-hydroxylation sites is 1. The highest BCUT2D eigenvalue weighted by Gasteiger charge is 2.25. The van der Waals surface area contributed by atoms with E-state index < -0.39 is 0 Å². The van der Waals surface area contributed by atoms with Gasteiger partial charge in [-0.1, -0.05) is 26.8 Å². The van der Waals surface area contributed by atoms with Crippen LogP contribution in [0.5, 0.6) is 5.75 Å². The van der Waals surface area contributed by atoms with E-state index in [2.05, 4.69) is 39.6 Å². The van der Waals surface area contributed by atoms with Gasteiger partial charge in [0.15, 0.2) is 0 Å². The van der Waals surface area contributed by atoms with E-state index in [9.17, 15) is 0 Å². The maximum atomic E-state index is 6.18. The first kappa shape index (κ1) is 14.7. The number of ether oxygens (including phenoxy) is 1. The van der Waals surface area contributed by atoms with E-state index in [0.29, 0.717) is 12.6 Å². The second kappa shape index (κ2) is 5.51. The first-order valence-corrected chi connectivity index (χ1v) is 6.53. The Morgan fingerprint density at radius 2 is 1.94 bits per heavy atom. The Morgan fingerprint density at radius 3 is 2.44 bits per heavy atom. The molecule has 0 aromatic heterocycles. The molecule has 0 aliphatic heterocycles. The van der Waals surface area contributed by atoms with E-state index in [-0.39, 0.29) is 5.41 Å². The Hall–Kier alpha value is -1.38. The van der Waals surface area contributed by atoms with E-state index in [1.807, 2.05) is 25.1 Å². The zero-order valence-corrected chi connectivity index (χ0v) is 12.4. The summed E-state index contributed by atoms with van der Waals surface area (Å²) in [5.74, 6) is 0.767. The van der Waals surface area contributed by atoms with Crippen LogP contribution in [0.25, 0.3) is 0 Å². The van der Waals surface area contributed by atoms with Crippen molar-refractivity contribution in [3.05, 3.63) is 18.2 Å². The highest BCUT2D eigenvalue weighted by atomic mass is 16.5. The number of nitrogens with two attached hydrogens (primary N) is 1. The van der Waals surface area contributed by atoms with Gasteiger partial charge in [-0.15, -0.1) is 0 Å². The highest BCUT2D eigenvalue weighted by Crippen LogP contribution is 2.35. The van der Waals surface area contributed by atoms with Crippen LogP contribution in [0.4, 0.5) is 11.4 Å². The summed E-state index contributed by atoms with van der Waals surface area (Å²) in [7, 11) is 2.08. The third kappa shape index (κ3) is 3.09. The Morgan fingerprint density at radius 1 is 1.33 bits per heavy atom. The molecule has 3 heteroatoms. The number of anilines is 2. The van der Waals surface area contributed by atoms with Crippen molar-refractivity contribution in [1.29, 1.82) is 0 Å². The van der Waals surface area contributed by atoms with Crippen LogP contribution in [0, 0.1) is 5.41 Å². The fraction of sp³-hybridized carbons (Fsp3) is 0.600. The Labute approximate surface area is 111 Å². The molecule has 0 heterocycles. The topological polar surface area (TPSA) is 38.5 Å². The molecule has 2 N–H and O–H groups in total. The van der Waals surface area contributed by atoms with Crippen molar-refractivity contribution in [2.24, 2.45) is 5.41 Å². The van der Waals surface area contributed by atoms with E-state index in [4.69, 9.17) is 10.5 Å². The SMILES string of the molecule is CCOc1cccc(N(C)C(C)C(C)(C)C)c1N. The minimum Gasteiger partial charge on any atom is -0.492 e. The van der Waals surface area contributed by atoms with Crippen LogP contribution in [0.15, 0.2) is 18.2 Å². The number of nitrogen functional groups attached to an aromatic ring is 1. The fourth-order valence-electron chi connectivity index (χ4n) is 1.91. The number of hydrogen-bond acceptors (Lipinski definition) is 3. The van der Waals surface area contributed by atoms with E-state index in [1.54, 1.807) is 0 Å². The van der Waals surface area contributed by atoms with E-state index >= 15 is 0 Å². The fourth-order valence-corrected chi connectivity index (χ4v) is 1.91. The molecular formula is C15H26N2O. The van der Waals surface area contributed by atoms with Gasteiger partial charge in [0.1, 0.15) is 5.75 Å². The van der Waals surface area contributed by atoms with Crippen LogP contribution in [0.2, 0.25) is 0 Å². The molecule has 3 nitrogen and oxygen atoms in total. The quantitative estimate of drug-likeness (QED) is 0.831. The van der Waals surface area contributed by atoms with Crippen molar-refractivity contribution in [3.8, 4) is 5.75 Å². The molecular weight excluding hydrogens is 224 g/mol. The molecule has 0 saturated heterocycles. The van der Waals surface area contributed by atoms with Gasteiger partial charge in [0.25, 0.3) is 0 Å². The van der Waals surface area contributed by atoms with Gasteiger partial charge in [0.2, 0.25) is 0 Å². The lowest BCUT2D eigenvalue weighted by atomic mass is 9.87. The summed E-state index contributed by atoms with van der Waals surface area (Å²) in [6.07, 6.45) is 0. The van der Waals surface area contributed by atoms with Crippen LogP contribution in [-0.4, -0.2) is 19.7 Å². The molecule has 0 bridgehead atoms. The normalized spacial score (nSPS) is 13.2. The smallest absolute Gasteiger partial charge is 0.144 e. The molecule has 1 unspecified atom stereocenters. The molecule has 0 saturated carbocycles. The molecule has 0 aliphatic rings. The van der Waals surface area contributed by atoms with Crippen LogP contribution in [-0.2, 0) is 0 Å². The van der Waals surface area contributed by atoms with Gasteiger partial charge < -0.3 is 15.4 Å². The summed E-state index contributed by atoms with van der Waals surface area (Å²) in [5, 5.41) is 0. The van der Waals surface area contributed by atoms with Gasteiger partial charge in [-0.2, -0.15) is 0 Å². The van der Waals surface area contributed by atoms with Crippen molar-refractivity contribution in [2.75, 3.05) is 24.3 Å². The largest absolute Gasteiger partial charge is 0.492 e. The third-order valence-corrected chi connectivity index (χ3v) is 3.56. The summed E-state index contributed by atoms with van der Waals surface area (Å²) in [5.41, 5.74) is 8.13. The molecule has 18 heavy (non-hydrogen) atoms. The lowest BCUT2D eigenvalue weighted by Crippen LogP contribution is -2.39. The zero-order chi connectivity index (χ0) is 13.9. The monoisotopic (exact) mass is 250 g/mol. The van der Waals surface area contributed by atoms with Gasteiger partial charge >= 0.3 is 0 Å². The predicted molar refractivity (Wildman–Crippen MR) is 79.3 cm³/mol. The molecule has 1 atom stereocenters. The van der Waals surface area contributed by atoms with Crippen LogP contribution >= 0.6 is 0 Å². The summed E-state index contributed by atoms with van der Waals surface area (Å²) < 4.78 is 5.54. The number of hydrogen-bond donors (Lipinski definition) is 1. The molecule has 102 valence electrons. The molecule has 1 aromatic rings. The summed E-state index contributed by atoms with van der Waals surface area (Å²) in [4.78, 5) is 2.22. The second-order valence-corrected chi connectivity index (χ2v) is 5.77. The molecule has 1 aromatic carbocycles. The van der Waals surface area contributed by atoms with Crippen LogP contribution in [0.1, 0.15) is 34.6 Å². The van der Waals surface area contributed by atoms with Crippen molar-refractivity contribution >= 4 is 11.4 Å². The van der Waals surface area contributed by atoms with Gasteiger partial charge in [0, 0.05) is 13.1 Å². The molecule has 0 radical (unpaired) electrons. The standard InChI is InChI=1S/C15H26N2O/c1-7-18-13-10-8-9-12(14(13)16)17(6)11(2)15(3,4)5/h8-11H,7,16H2,1-6H3. The summed E-state index contributed by atoms with van der Waals surface area (Å²) in [6.45, 7) is 11.5. The summed E-state index contributed by atoms with van der Waals surface area (Å²) in [6, 6.07) is 6.33. The first-order valence-electron chi connectivity index (χ1n) is 6.53. The molecule has 0 aliphatic carbocycles. The van der Waals surface area contributed by atoms with Crippen molar-refractivity contribution in [1.82, 2.24) is 0 Å². The van der Waals surface area contributed by atoms with Crippen LogP contribution in [0.3, 0.4) is 0 Å². The molecule has 0 spiro atoms. The second-order valence-electron chi connectivity index (χ2n) is 5.77. The number of benzene rings is 1. The molecule has 0 fully saturated rings. The minimum absolute atomic E-state index is 0.197. The highest BCUT2D eigenvalue weighted by molar-refractivity contribution is 5.74. The average molecular weight is 250 g/mol. The predicted octanol–water partition coefficient (Wildman–Crippen LogP) is 3.54. The molecule has 0 amide bonds. The first-order chi connectivity index (χ1) is 8.29. The Kier molecular flexibility index (Phi) is 4.49. The lowest BCUT2D eigenvalue weighted by Gasteiger charge is -2.37. The number of nitrogens with zero attached hydrogens (tertiary/aromatic N) is 1. The minimum atomic E-state index is 0.197. The van der Waals surface area contributed by atoms with Crippen molar-refractivity contribution in [3.63, 3.8) is 0 Å².